The van der Waals surface area contributed by atoms with Crippen LogP contribution in [0.25, 0.3) is 0 Å². The zero-order valence-electron chi connectivity index (χ0n) is 13.6. The molecule has 0 aliphatic carbocycles. The summed E-state index contributed by atoms with van der Waals surface area (Å²) in [6.07, 6.45) is 3.89. The first kappa shape index (κ1) is 15.5. The maximum absolute atomic E-state index is 12.2. The summed E-state index contributed by atoms with van der Waals surface area (Å²) in [5.74, 6) is 0.856. The number of aryl methyl sites for hydroxylation is 2. The molecule has 3 rings (SSSR count). The van der Waals surface area contributed by atoms with Crippen LogP contribution in [0.5, 0.6) is 5.75 Å². The number of amides is 2. The van der Waals surface area contributed by atoms with Gasteiger partial charge in [0, 0.05) is 30.5 Å². The van der Waals surface area contributed by atoms with Gasteiger partial charge < -0.3 is 19.9 Å². The predicted molar refractivity (Wildman–Crippen MR) is 89.5 cm³/mol. The second-order valence-electron chi connectivity index (χ2n) is 6.07. The van der Waals surface area contributed by atoms with Gasteiger partial charge in [0.15, 0.2) is 0 Å². The lowest BCUT2D eigenvalue weighted by atomic mass is 10.1. The summed E-state index contributed by atoms with van der Waals surface area (Å²) in [5.41, 5.74) is 2.32. The molecule has 2 aromatic rings. The molecule has 5 nitrogen and oxygen atoms in total. The van der Waals surface area contributed by atoms with Gasteiger partial charge in [0.2, 0.25) is 0 Å². The van der Waals surface area contributed by atoms with Crippen molar-refractivity contribution in [1.82, 2.24) is 15.2 Å². The minimum absolute atomic E-state index is 0.0775. The Labute approximate surface area is 136 Å². The van der Waals surface area contributed by atoms with Crippen molar-refractivity contribution in [1.29, 1.82) is 0 Å². The molecule has 0 fully saturated rings. The van der Waals surface area contributed by atoms with Gasteiger partial charge in [-0.1, -0.05) is 18.2 Å². The summed E-state index contributed by atoms with van der Waals surface area (Å²) in [4.78, 5) is 12.2. The highest BCUT2D eigenvalue weighted by molar-refractivity contribution is 5.75. The van der Waals surface area contributed by atoms with E-state index >= 15 is 0 Å². The molecule has 23 heavy (non-hydrogen) atoms. The Hall–Kier alpha value is -2.43. The molecule has 0 saturated carbocycles. The third kappa shape index (κ3) is 3.67. The van der Waals surface area contributed by atoms with Gasteiger partial charge in [-0.3, -0.25) is 0 Å². The van der Waals surface area contributed by atoms with Crippen LogP contribution >= 0.6 is 0 Å². The summed E-state index contributed by atoms with van der Waals surface area (Å²) in [6, 6.07) is 11.9. The molecule has 122 valence electrons. The molecule has 2 amide bonds. The summed E-state index contributed by atoms with van der Waals surface area (Å²) in [7, 11) is 2.04. The number of hydrogen-bond acceptors (Lipinski definition) is 2. The fraction of sp³-hybridized carbons (Fsp3) is 0.389. The number of hydrogen-bond donors (Lipinski definition) is 2. The molecule has 1 aliphatic rings. The third-order valence-electron chi connectivity index (χ3n) is 4.27. The first-order valence-electron chi connectivity index (χ1n) is 8.02. The number of aromatic nitrogens is 1. The number of fused-ring (bicyclic) bond motifs is 1. The van der Waals surface area contributed by atoms with Gasteiger partial charge in [-0.2, -0.15) is 0 Å². The lowest BCUT2D eigenvalue weighted by Crippen LogP contribution is -2.42. The van der Waals surface area contributed by atoms with E-state index in [9.17, 15) is 4.79 Å². The van der Waals surface area contributed by atoms with Gasteiger partial charge in [0.25, 0.3) is 0 Å². The molecule has 1 aliphatic heterocycles. The van der Waals surface area contributed by atoms with Gasteiger partial charge >= 0.3 is 6.03 Å². The number of carbonyl (C=O) groups is 1. The van der Waals surface area contributed by atoms with Crippen molar-refractivity contribution >= 4 is 6.03 Å². The van der Waals surface area contributed by atoms with Crippen molar-refractivity contribution in [3.63, 3.8) is 0 Å². The van der Waals surface area contributed by atoms with Gasteiger partial charge in [0.05, 0.1) is 6.04 Å². The molecular formula is C18H23N3O2. The van der Waals surface area contributed by atoms with E-state index < -0.39 is 0 Å². The Morgan fingerprint density at radius 2 is 2.17 bits per heavy atom. The average Bonchev–Trinajstić information content (AvgIpc) is 3.12. The van der Waals surface area contributed by atoms with Gasteiger partial charge in [0.1, 0.15) is 12.4 Å². The van der Waals surface area contributed by atoms with Crippen molar-refractivity contribution in [3.8, 4) is 5.75 Å². The summed E-state index contributed by atoms with van der Waals surface area (Å²) < 4.78 is 7.69. The number of nitrogens with zero attached hydrogens (tertiary/aromatic N) is 1. The molecule has 1 aromatic carbocycles. The molecule has 0 radical (unpaired) electrons. The number of urea groups is 1. The second kappa shape index (κ2) is 6.77. The van der Waals surface area contributed by atoms with Crippen LogP contribution in [0.2, 0.25) is 0 Å². The van der Waals surface area contributed by atoms with Crippen molar-refractivity contribution < 1.29 is 9.53 Å². The Bertz CT molecular complexity index is 680. The maximum atomic E-state index is 12.2. The van der Waals surface area contributed by atoms with Crippen molar-refractivity contribution in [2.75, 3.05) is 6.61 Å². The predicted octanol–water partition coefficient (Wildman–Crippen LogP) is 2.78. The van der Waals surface area contributed by atoms with Crippen LogP contribution in [0, 0.1) is 0 Å². The molecule has 1 aromatic heterocycles. The Morgan fingerprint density at radius 1 is 1.35 bits per heavy atom. The fourth-order valence-corrected chi connectivity index (χ4v) is 2.90. The van der Waals surface area contributed by atoms with Crippen molar-refractivity contribution in [2.24, 2.45) is 7.05 Å². The van der Waals surface area contributed by atoms with Crippen molar-refractivity contribution in [2.45, 2.75) is 31.8 Å². The fourth-order valence-electron chi connectivity index (χ4n) is 2.90. The van der Waals surface area contributed by atoms with E-state index in [1.807, 2.05) is 50.5 Å². The molecular weight excluding hydrogens is 290 g/mol. The normalized spacial score (nSPS) is 17.2. The molecule has 0 saturated heterocycles. The van der Waals surface area contributed by atoms with E-state index in [0.717, 1.165) is 24.2 Å². The monoisotopic (exact) mass is 313 g/mol. The molecule has 5 heteroatoms. The average molecular weight is 313 g/mol. The van der Waals surface area contributed by atoms with E-state index in [-0.39, 0.29) is 18.1 Å². The first-order valence-corrected chi connectivity index (χ1v) is 8.02. The number of benzene rings is 1. The van der Waals surface area contributed by atoms with Crippen LogP contribution in [0.15, 0.2) is 42.6 Å². The minimum Gasteiger partial charge on any atom is -0.491 e. The minimum atomic E-state index is -0.144. The summed E-state index contributed by atoms with van der Waals surface area (Å²) >= 11 is 0. The van der Waals surface area contributed by atoms with Crippen LogP contribution in [0.4, 0.5) is 4.79 Å². The lowest BCUT2D eigenvalue weighted by molar-refractivity contribution is 0.228. The van der Waals surface area contributed by atoms with Crippen LogP contribution < -0.4 is 15.4 Å². The van der Waals surface area contributed by atoms with Crippen LogP contribution in [0.3, 0.4) is 0 Å². The highest BCUT2D eigenvalue weighted by Crippen LogP contribution is 2.31. The molecule has 2 heterocycles. The molecule has 0 bridgehead atoms. The Balaban J connectivity index is 1.47. The number of para-hydroxylation sites is 1. The molecule has 0 spiro atoms. The van der Waals surface area contributed by atoms with E-state index in [1.54, 1.807) is 0 Å². The first-order chi connectivity index (χ1) is 11.1. The topological polar surface area (TPSA) is 55.3 Å². The lowest BCUT2D eigenvalue weighted by Gasteiger charge is -2.17. The number of nitrogens with one attached hydrogen (secondary N) is 2. The van der Waals surface area contributed by atoms with Crippen LogP contribution in [-0.2, 0) is 13.5 Å². The number of rotatable bonds is 5. The summed E-state index contributed by atoms with van der Waals surface area (Å²) in [6.45, 7) is 2.52. The molecule has 2 N–H and O–H groups in total. The molecule has 2 atom stereocenters. The summed E-state index contributed by atoms with van der Waals surface area (Å²) in [5, 5.41) is 5.99. The number of ether oxygens (including phenoxy) is 1. The quantitative estimate of drug-likeness (QED) is 0.892. The largest absolute Gasteiger partial charge is 0.491 e. The SMILES string of the molecule is C[C@@H](CCc1cccn1C)NC(=O)N[C@H]1COc2ccccc21. The Morgan fingerprint density at radius 3 is 2.96 bits per heavy atom. The standard InChI is InChI=1S/C18H23N3O2/c1-13(9-10-14-6-5-11-21(14)2)19-18(22)20-16-12-23-17-8-4-3-7-15(16)17/h3-8,11,13,16H,9-10,12H2,1-2H3,(H2,19,20,22)/t13-,16-/m0/s1. The highest BCUT2D eigenvalue weighted by atomic mass is 16.5. The van der Waals surface area contributed by atoms with Crippen LogP contribution in [0.1, 0.15) is 30.6 Å². The van der Waals surface area contributed by atoms with Gasteiger partial charge in [-0.05, 0) is 38.0 Å². The third-order valence-corrected chi connectivity index (χ3v) is 4.27. The zero-order valence-corrected chi connectivity index (χ0v) is 13.6. The van der Waals surface area contributed by atoms with Crippen LogP contribution in [-0.4, -0.2) is 23.2 Å². The zero-order chi connectivity index (χ0) is 16.2. The highest BCUT2D eigenvalue weighted by Gasteiger charge is 2.25. The van der Waals surface area contributed by atoms with Crippen molar-refractivity contribution in [3.05, 3.63) is 53.9 Å². The number of carbonyl (C=O) groups excluding carboxylic acids is 1. The van der Waals surface area contributed by atoms with E-state index in [2.05, 4.69) is 21.3 Å². The molecule has 0 unspecified atom stereocenters. The smallest absolute Gasteiger partial charge is 0.315 e. The maximum Gasteiger partial charge on any atom is 0.315 e. The Kier molecular flexibility index (Phi) is 4.55. The second-order valence-corrected chi connectivity index (χ2v) is 6.07. The van der Waals surface area contributed by atoms with E-state index in [0.29, 0.717) is 6.61 Å². The van der Waals surface area contributed by atoms with Gasteiger partial charge in [-0.15, -0.1) is 0 Å². The van der Waals surface area contributed by atoms with E-state index in [1.165, 1.54) is 5.69 Å². The van der Waals surface area contributed by atoms with E-state index in [4.69, 9.17) is 4.74 Å². The van der Waals surface area contributed by atoms with Gasteiger partial charge in [-0.25, -0.2) is 4.79 Å².